The van der Waals surface area contributed by atoms with E-state index in [9.17, 15) is 4.79 Å². The van der Waals surface area contributed by atoms with E-state index in [1.54, 1.807) is 12.1 Å². The Labute approximate surface area is 121 Å². The van der Waals surface area contributed by atoms with Crippen molar-refractivity contribution in [2.75, 3.05) is 5.32 Å². The number of aromatic nitrogens is 3. The van der Waals surface area contributed by atoms with Crippen molar-refractivity contribution in [2.24, 2.45) is 0 Å². The number of aryl methyl sites for hydroxylation is 1. The zero-order valence-corrected chi connectivity index (χ0v) is 11.5. The molecule has 5 nitrogen and oxygen atoms in total. The summed E-state index contributed by atoms with van der Waals surface area (Å²) >= 11 is 0. The normalized spacial score (nSPS) is 11.1. The maximum absolute atomic E-state index is 12.0. The van der Waals surface area contributed by atoms with Crippen LogP contribution in [0.15, 0.2) is 48.5 Å². The first kappa shape index (κ1) is 13.1. The molecule has 0 unspecified atom stereocenters. The standard InChI is InChI=1S/C16H14N4O/c1-11-4-2-5-12(10-11)8-9-15(21)17-13-6-3-7-14-16(13)19-20-18-14/h2-10H,1H3,(H,17,21)(H,18,19,20). The number of nitrogens with one attached hydrogen (secondary N) is 2. The molecule has 0 atom stereocenters. The number of H-pyrrole nitrogens is 1. The summed E-state index contributed by atoms with van der Waals surface area (Å²) in [6.45, 7) is 2.02. The Morgan fingerprint density at radius 2 is 2.05 bits per heavy atom. The van der Waals surface area contributed by atoms with Crippen molar-refractivity contribution in [3.8, 4) is 0 Å². The van der Waals surface area contributed by atoms with E-state index in [4.69, 9.17) is 0 Å². The van der Waals surface area contributed by atoms with Gasteiger partial charge in [-0.05, 0) is 30.7 Å². The second-order valence-electron chi connectivity index (χ2n) is 4.73. The predicted molar refractivity (Wildman–Crippen MR) is 82.7 cm³/mol. The van der Waals surface area contributed by atoms with Crippen molar-refractivity contribution in [3.63, 3.8) is 0 Å². The molecule has 0 aliphatic rings. The van der Waals surface area contributed by atoms with Gasteiger partial charge in [0.1, 0.15) is 11.0 Å². The van der Waals surface area contributed by atoms with Crippen LogP contribution in [0, 0.1) is 6.92 Å². The molecule has 0 saturated carbocycles. The van der Waals surface area contributed by atoms with Gasteiger partial charge in [0.25, 0.3) is 0 Å². The number of amides is 1. The van der Waals surface area contributed by atoms with Gasteiger partial charge in [-0.1, -0.05) is 35.9 Å². The third-order valence-corrected chi connectivity index (χ3v) is 3.07. The van der Waals surface area contributed by atoms with Crippen molar-refractivity contribution >= 4 is 28.7 Å². The van der Waals surface area contributed by atoms with Crippen LogP contribution in [0.5, 0.6) is 0 Å². The van der Waals surface area contributed by atoms with Gasteiger partial charge in [0, 0.05) is 6.08 Å². The highest BCUT2D eigenvalue weighted by molar-refractivity contribution is 6.06. The summed E-state index contributed by atoms with van der Waals surface area (Å²) < 4.78 is 0. The number of fused-ring (bicyclic) bond motifs is 1. The third-order valence-electron chi connectivity index (χ3n) is 3.07. The van der Waals surface area contributed by atoms with Crippen molar-refractivity contribution in [1.29, 1.82) is 0 Å². The number of aromatic amines is 1. The fourth-order valence-corrected chi connectivity index (χ4v) is 2.09. The van der Waals surface area contributed by atoms with E-state index < -0.39 is 0 Å². The molecule has 0 radical (unpaired) electrons. The molecule has 2 aromatic carbocycles. The average Bonchev–Trinajstić information content (AvgIpc) is 2.95. The molecule has 0 spiro atoms. The van der Waals surface area contributed by atoms with Gasteiger partial charge < -0.3 is 5.32 Å². The number of rotatable bonds is 3. The fourth-order valence-electron chi connectivity index (χ4n) is 2.09. The van der Waals surface area contributed by atoms with E-state index in [1.165, 1.54) is 6.08 Å². The molecule has 0 aliphatic carbocycles. The number of nitrogens with zero attached hydrogens (tertiary/aromatic N) is 2. The number of carbonyl (C=O) groups excluding carboxylic acids is 1. The minimum atomic E-state index is -0.202. The lowest BCUT2D eigenvalue weighted by Gasteiger charge is -2.02. The van der Waals surface area contributed by atoms with E-state index >= 15 is 0 Å². The Kier molecular flexibility index (Phi) is 3.47. The van der Waals surface area contributed by atoms with E-state index in [0.717, 1.165) is 16.6 Å². The van der Waals surface area contributed by atoms with Crippen molar-refractivity contribution in [2.45, 2.75) is 6.92 Å². The minimum Gasteiger partial charge on any atom is -0.320 e. The van der Waals surface area contributed by atoms with Gasteiger partial charge in [0.15, 0.2) is 0 Å². The van der Waals surface area contributed by atoms with E-state index in [-0.39, 0.29) is 5.91 Å². The molecule has 0 aliphatic heterocycles. The second-order valence-corrected chi connectivity index (χ2v) is 4.73. The van der Waals surface area contributed by atoms with Crippen LogP contribution < -0.4 is 5.32 Å². The molecule has 1 heterocycles. The highest BCUT2D eigenvalue weighted by Crippen LogP contribution is 2.18. The zero-order chi connectivity index (χ0) is 14.7. The molecule has 0 saturated heterocycles. The molecular formula is C16H14N4O. The maximum Gasteiger partial charge on any atom is 0.248 e. The topological polar surface area (TPSA) is 70.7 Å². The highest BCUT2D eigenvalue weighted by atomic mass is 16.1. The number of hydrogen-bond donors (Lipinski definition) is 2. The number of carbonyl (C=O) groups is 1. The summed E-state index contributed by atoms with van der Waals surface area (Å²) in [7, 11) is 0. The first-order chi connectivity index (χ1) is 10.2. The van der Waals surface area contributed by atoms with E-state index in [0.29, 0.717) is 11.2 Å². The molecule has 21 heavy (non-hydrogen) atoms. The quantitative estimate of drug-likeness (QED) is 0.724. The summed E-state index contributed by atoms with van der Waals surface area (Å²) in [6, 6.07) is 13.4. The smallest absolute Gasteiger partial charge is 0.248 e. The Balaban J connectivity index is 1.76. The minimum absolute atomic E-state index is 0.202. The lowest BCUT2D eigenvalue weighted by Crippen LogP contribution is -2.08. The highest BCUT2D eigenvalue weighted by Gasteiger charge is 2.06. The number of para-hydroxylation sites is 1. The van der Waals surface area contributed by atoms with Gasteiger partial charge in [0.05, 0.1) is 5.69 Å². The Hall–Kier alpha value is -2.95. The van der Waals surface area contributed by atoms with Gasteiger partial charge >= 0.3 is 0 Å². The van der Waals surface area contributed by atoms with Gasteiger partial charge in [-0.25, -0.2) is 0 Å². The summed E-state index contributed by atoms with van der Waals surface area (Å²) in [5.41, 5.74) is 4.15. The van der Waals surface area contributed by atoms with Crippen LogP contribution in [0.4, 0.5) is 5.69 Å². The van der Waals surface area contributed by atoms with Crippen LogP contribution in [-0.2, 0) is 4.79 Å². The summed E-state index contributed by atoms with van der Waals surface area (Å²) in [5, 5.41) is 13.4. The number of benzene rings is 2. The van der Waals surface area contributed by atoms with Crippen molar-refractivity contribution < 1.29 is 4.79 Å². The first-order valence-electron chi connectivity index (χ1n) is 6.57. The molecule has 1 amide bonds. The molecule has 3 rings (SSSR count). The predicted octanol–water partition coefficient (Wildman–Crippen LogP) is 2.92. The third kappa shape index (κ3) is 2.97. The Morgan fingerprint density at radius 3 is 2.90 bits per heavy atom. The first-order valence-corrected chi connectivity index (χ1v) is 6.57. The molecule has 0 bridgehead atoms. The second kappa shape index (κ2) is 5.58. The Morgan fingerprint density at radius 1 is 1.19 bits per heavy atom. The van der Waals surface area contributed by atoms with Crippen molar-refractivity contribution in [3.05, 3.63) is 59.7 Å². The largest absolute Gasteiger partial charge is 0.320 e. The molecule has 1 aromatic heterocycles. The Bertz CT molecular complexity index is 820. The van der Waals surface area contributed by atoms with Crippen LogP contribution in [0.2, 0.25) is 0 Å². The molecule has 5 heteroatoms. The van der Waals surface area contributed by atoms with Gasteiger partial charge in [0.2, 0.25) is 5.91 Å². The summed E-state index contributed by atoms with van der Waals surface area (Å²) in [4.78, 5) is 12.0. The summed E-state index contributed by atoms with van der Waals surface area (Å²) in [5.74, 6) is -0.202. The fraction of sp³-hybridized carbons (Fsp3) is 0.0625. The van der Waals surface area contributed by atoms with Crippen LogP contribution >= 0.6 is 0 Å². The molecule has 2 N–H and O–H groups in total. The van der Waals surface area contributed by atoms with Crippen molar-refractivity contribution in [1.82, 2.24) is 15.4 Å². The van der Waals surface area contributed by atoms with Gasteiger partial charge in [-0.2, -0.15) is 15.4 Å². The van der Waals surface area contributed by atoms with Crippen LogP contribution in [0.1, 0.15) is 11.1 Å². The zero-order valence-electron chi connectivity index (χ0n) is 11.5. The van der Waals surface area contributed by atoms with Gasteiger partial charge in [-0.15, -0.1) is 0 Å². The molecule has 104 valence electrons. The van der Waals surface area contributed by atoms with Crippen LogP contribution in [0.25, 0.3) is 17.1 Å². The maximum atomic E-state index is 12.0. The monoisotopic (exact) mass is 278 g/mol. The lowest BCUT2D eigenvalue weighted by atomic mass is 10.1. The van der Waals surface area contributed by atoms with Crippen LogP contribution in [-0.4, -0.2) is 21.3 Å². The van der Waals surface area contributed by atoms with E-state index in [1.807, 2.05) is 43.3 Å². The van der Waals surface area contributed by atoms with E-state index in [2.05, 4.69) is 20.7 Å². The van der Waals surface area contributed by atoms with Gasteiger partial charge in [-0.3, -0.25) is 4.79 Å². The number of hydrogen-bond acceptors (Lipinski definition) is 3. The summed E-state index contributed by atoms with van der Waals surface area (Å²) in [6.07, 6.45) is 3.29. The van der Waals surface area contributed by atoms with Crippen LogP contribution in [0.3, 0.4) is 0 Å². The molecular weight excluding hydrogens is 264 g/mol. The lowest BCUT2D eigenvalue weighted by molar-refractivity contribution is -0.111. The number of anilines is 1. The average molecular weight is 278 g/mol. The molecule has 3 aromatic rings. The molecule has 0 fully saturated rings. The SMILES string of the molecule is Cc1cccc(C=CC(=O)Nc2cccc3n[nH]nc23)c1.